The molecule has 1 aliphatic heterocycles. The zero-order chi connectivity index (χ0) is 24.7. The van der Waals surface area contributed by atoms with Crippen LogP contribution < -0.4 is 5.32 Å². The molecule has 5 nitrogen and oxygen atoms in total. The van der Waals surface area contributed by atoms with Gasteiger partial charge in [-0.15, -0.1) is 0 Å². The number of allylic oxidation sites excluding steroid dienone is 2. The Bertz CT molecular complexity index is 1220. The molecular formula is C27H24BrClN2O3. The van der Waals surface area contributed by atoms with Crippen LogP contribution in [0, 0.1) is 0 Å². The van der Waals surface area contributed by atoms with E-state index in [1.807, 2.05) is 51.1 Å². The smallest absolute Gasteiger partial charge is 0.263 e. The molecule has 0 fully saturated rings. The van der Waals surface area contributed by atoms with Crippen LogP contribution in [-0.4, -0.2) is 33.6 Å². The Morgan fingerprint density at radius 1 is 1.00 bits per heavy atom. The van der Waals surface area contributed by atoms with Gasteiger partial charge in [-0.3, -0.25) is 14.4 Å². The van der Waals surface area contributed by atoms with Gasteiger partial charge >= 0.3 is 0 Å². The highest BCUT2D eigenvalue weighted by molar-refractivity contribution is 9.12. The van der Waals surface area contributed by atoms with Gasteiger partial charge < -0.3 is 10.2 Å². The Balaban J connectivity index is 1.95. The van der Waals surface area contributed by atoms with Crippen molar-refractivity contribution in [1.82, 2.24) is 10.2 Å². The lowest BCUT2D eigenvalue weighted by Gasteiger charge is -2.42. The standard InChI is InChI=1S/C27H24BrClN2O3/c1-26(2,3)30-24(33)23(18-9-11-19(29)12-10-18)31-25(34)22(28)21(17-7-5-4-6-8-17)27(31)15-13-20(32)14-16-27/h4-16,23H,1-3H3,(H,30,33). The number of carbonyl (C=O) groups is 3. The lowest BCUT2D eigenvalue weighted by molar-refractivity contribution is -0.139. The van der Waals surface area contributed by atoms with E-state index in [9.17, 15) is 14.4 Å². The van der Waals surface area contributed by atoms with Crippen LogP contribution in [0.4, 0.5) is 0 Å². The zero-order valence-electron chi connectivity index (χ0n) is 19.0. The normalized spacial score (nSPS) is 18.1. The molecule has 0 radical (unpaired) electrons. The molecule has 1 N–H and O–H groups in total. The summed E-state index contributed by atoms with van der Waals surface area (Å²) in [5, 5.41) is 3.54. The average Bonchev–Trinajstić information content (AvgIpc) is 2.98. The van der Waals surface area contributed by atoms with Crippen molar-refractivity contribution in [3.05, 3.63) is 99.5 Å². The third-order valence-corrected chi connectivity index (χ3v) is 6.67. The van der Waals surface area contributed by atoms with E-state index in [0.29, 0.717) is 20.6 Å². The SMILES string of the molecule is CC(C)(C)NC(=O)C(c1ccc(Cl)cc1)N1C(=O)C(Br)=C(c2ccccc2)C12C=CC(=O)C=C2. The largest absolute Gasteiger partial charge is 0.349 e. The first-order chi connectivity index (χ1) is 16.0. The first-order valence-electron chi connectivity index (χ1n) is 10.8. The highest BCUT2D eigenvalue weighted by Gasteiger charge is 2.54. The van der Waals surface area contributed by atoms with Crippen LogP contribution in [0.2, 0.25) is 5.02 Å². The molecular weight excluding hydrogens is 516 g/mol. The van der Waals surface area contributed by atoms with Gasteiger partial charge in [0.15, 0.2) is 5.78 Å². The minimum Gasteiger partial charge on any atom is -0.349 e. The number of carbonyl (C=O) groups excluding carboxylic acids is 3. The van der Waals surface area contributed by atoms with Crippen LogP contribution >= 0.6 is 27.5 Å². The number of halogens is 2. The highest BCUT2D eigenvalue weighted by Crippen LogP contribution is 2.50. The van der Waals surface area contributed by atoms with E-state index in [2.05, 4.69) is 21.2 Å². The second kappa shape index (κ2) is 9.01. The number of nitrogens with one attached hydrogen (secondary N) is 1. The summed E-state index contributed by atoms with van der Waals surface area (Å²) in [6.07, 6.45) is 6.26. The van der Waals surface area contributed by atoms with Crippen molar-refractivity contribution in [3.8, 4) is 0 Å². The molecule has 34 heavy (non-hydrogen) atoms. The summed E-state index contributed by atoms with van der Waals surface area (Å²) in [6.45, 7) is 5.65. The van der Waals surface area contributed by atoms with E-state index in [4.69, 9.17) is 11.6 Å². The highest BCUT2D eigenvalue weighted by atomic mass is 79.9. The fourth-order valence-corrected chi connectivity index (χ4v) is 5.19. The summed E-state index contributed by atoms with van der Waals surface area (Å²) in [5.41, 5.74) is 0.400. The number of amides is 2. The van der Waals surface area contributed by atoms with Crippen molar-refractivity contribution in [2.24, 2.45) is 0 Å². The maximum absolute atomic E-state index is 13.9. The third-order valence-electron chi connectivity index (χ3n) is 5.68. The van der Waals surface area contributed by atoms with E-state index < -0.39 is 17.1 Å². The Hall–Kier alpha value is -2.96. The van der Waals surface area contributed by atoms with Gasteiger partial charge in [-0.05, 0) is 84.3 Å². The van der Waals surface area contributed by atoms with Gasteiger partial charge in [-0.1, -0.05) is 54.1 Å². The third kappa shape index (κ3) is 4.40. The molecule has 0 aromatic heterocycles. The molecule has 1 aliphatic carbocycles. The van der Waals surface area contributed by atoms with Gasteiger partial charge in [-0.2, -0.15) is 0 Å². The molecule has 1 atom stereocenters. The minimum absolute atomic E-state index is 0.185. The van der Waals surface area contributed by atoms with Crippen molar-refractivity contribution in [1.29, 1.82) is 0 Å². The molecule has 1 spiro atoms. The molecule has 1 heterocycles. The molecule has 0 bridgehead atoms. The molecule has 2 aromatic rings. The first-order valence-corrected chi connectivity index (χ1v) is 12.0. The van der Waals surface area contributed by atoms with Crippen LogP contribution in [0.5, 0.6) is 0 Å². The Morgan fingerprint density at radius 2 is 1.59 bits per heavy atom. The fraction of sp³-hybridized carbons (Fsp3) is 0.222. The summed E-state index contributed by atoms with van der Waals surface area (Å²) in [4.78, 5) is 41.2. The quantitative estimate of drug-likeness (QED) is 0.567. The summed E-state index contributed by atoms with van der Waals surface area (Å²) in [7, 11) is 0. The van der Waals surface area contributed by atoms with E-state index in [1.54, 1.807) is 36.4 Å². The monoisotopic (exact) mass is 538 g/mol. The number of ketones is 1. The molecule has 4 rings (SSSR count). The molecule has 174 valence electrons. The number of rotatable bonds is 4. The minimum atomic E-state index is -1.15. The predicted octanol–water partition coefficient (Wildman–Crippen LogP) is 5.38. The molecule has 7 heteroatoms. The molecule has 2 amide bonds. The van der Waals surface area contributed by atoms with Crippen LogP contribution in [-0.2, 0) is 14.4 Å². The lowest BCUT2D eigenvalue weighted by Crippen LogP contribution is -2.54. The number of hydrogen-bond acceptors (Lipinski definition) is 3. The molecule has 0 saturated heterocycles. The van der Waals surface area contributed by atoms with Crippen LogP contribution in [0.3, 0.4) is 0 Å². The average molecular weight is 540 g/mol. The molecule has 2 aromatic carbocycles. The zero-order valence-corrected chi connectivity index (χ0v) is 21.4. The maximum Gasteiger partial charge on any atom is 0.263 e. The second-order valence-electron chi connectivity index (χ2n) is 9.32. The van der Waals surface area contributed by atoms with Gasteiger partial charge in [0.2, 0.25) is 5.91 Å². The van der Waals surface area contributed by atoms with E-state index in [0.717, 1.165) is 5.56 Å². The molecule has 2 aliphatic rings. The molecule has 1 unspecified atom stereocenters. The van der Waals surface area contributed by atoms with Crippen molar-refractivity contribution in [2.45, 2.75) is 37.9 Å². The van der Waals surface area contributed by atoms with Gasteiger partial charge in [0.25, 0.3) is 5.91 Å². The predicted molar refractivity (Wildman–Crippen MR) is 137 cm³/mol. The number of nitrogens with zero attached hydrogens (tertiary/aromatic N) is 1. The summed E-state index contributed by atoms with van der Waals surface area (Å²) >= 11 is 9.64. The fourth-order valence-electron chi connectivity index (χ4n) is 4.33. The van der Waals surface area contributed by atoms with Gasteiger partial charge in [0.05, 0.1) is 4.48 Å². The summed E-state index contributed by atoms with van der Waals surface area (Å²) in [5.74, 6) is -0.877. The van der Waals surface area contributed by atoms with Crippen molar-refractivity contribution < 1.29 is 14.4 Å². The van der Waals surface area contributed by atoms with Crippen molar-refractivity contribution in [2.75, 3.05) is 0 Å². The van der Waals surface area contributed by atoms with Crippen molar-refractivity contribution in [3.63, 3.8) is 0 Å². The maximum atomic E-state index is 13.9. The lowest BCUT2D eigenvalue weighted by atomic mass is 9.81. The van der Waals surface area contributed by atoms with Crippen molar-refractivity contribution >= 4 is 50.7 Å². The Morgan fingerprint density at radius 3 is 2.15 bits per heavy atom. The van der Waals surface area contributed by atoms with Crippen LogP contribution in [0.15, 0.2) is 83.4 Å². The summed E-state index contributed by atoms with van der Waals surface area (Å²) in [6, 6.07) is 15.3. The van der Waals surface area contributed by atoms with Crippen LogP contribution in [0.1, 0.15) is 37.9 Å². The van der Waals surface area contributed by atoms with E-state index >= 15 is 0 Å². The van der Waals surface area contributed by atoms with Gasteiger partial charge in [0.1, 0.15) is 11.6 Å². The first kappa shape index (κ1) is 24.2. The second-order valence-corrected chi connectivity index (χ2v) is 10.5. The van der Waals surface area contributed by atoms with E-state index in [-0.39, 0.29) is 17.6 Å². The van der Waals surface area contributed by atoms with Crippen LogP contribution in [0.25, 0.3) is 5.57 Å². The molecule has 0 saturated carbocycles. The van der Waals surface area contributed by atoms with E-state index in [1.165, 1.54) is 17.1 Å². The number of benzene rings is 2. The van der Waals surface area contributed by atoms with Gasteiger partial charge in [-0.25, -0.2) is 0 Å². The Kier molecular flexibility index (Phi) is 6.40. The topological polar surface area (TPSA) is 66.5 Å². The van der Waals surface area contributed by atoms with Gasteiger partial charge in [0, 0.05) is 16.1 Å². The Labute approximate surface area is 212 Å². The number of hydrogen-bond donors (Lipinski definition) is 1. The summed E-state index contributed by atoms with van der Waals surface area (Å²) < 4.78 is 0.338.